The third-order valence-electron chi connectivity index (χ3n) is 5.75. The van der Waals surface area contributed by atoms with Crippen molar-refractivity contribution in [1.29, 1.82) is 0 Å². The summed E-state index contributed by atoms with van der Waals surface area (Å²) in [6.45, 7) is 1.86. The Kier molecular flexibility index (Phi) is 7.35. The van der Waals surface area contributed by atoms with Gasteiger partial charge in [-0.3, -0.25) is 9.36 Å². The molecule has 4 aromatic rings. The second-order valence-corrected chi connectivity index (χ2v) is 9.71. The van der Waals surface area contributed by atoms with Gasteiger partial charge in [0.25, 0.3) is 5.56 Å². The number of ether oxygens (including phenoxy) is 2. The average Bonchev–Trinajstić information content (AvgIpc) is 3.23. The molecule has 1 aliphatic rings. The van der Waals surface area contributed by atoms with E-state index in [-0.39, 0.29) is 18.2 Å². The molecule has 0 saturated carbocycles. The van der Waals surface area contributed by atoms with Crippen LogP contribution in [0.25, 0.3) is 11.8 Å². The predicted octanol–water partition coefficient (Wildman–Crippen LogP) is 4.60. The number of nitrogens with zero attached hydrogens (tertiary/aromatic N) is 2. The van der Waals surface area contributed by atoms with Crippen LogP contribution in [0.3, 0.4) is 0 Å². The van der Waals surface area contributed by atoms with Crippen LogP contribution in [0.15, 0.2) is 94.7 Å². The third kappa shape index (κ3) is 5.58. The minimum atomic E-state index is -0.433. The summed E-state index contributed by atoms with van der Waals surface area (Å²) in [5, 5.41) is 0.633. The quantitative estimate of drug-likeness (QED) is 0.328. The molecule has 1 aromatic heterocycles. The second-order valence-electron chi connectivity index (χ2n) is 8.26. The summed E-state index contributed by atoms with van der Waals surface area (Å²) >= 11 is 7.46. The molecule has 0 saturated heterocycles. The van der Waals surface area contributed by atoms with Crippen molar-refractivity contribution in [2.75, 3.05) is 13.2 Å². The summed E-state index contributed by atoms with van der Waals surface area (Å²) in [5.74, 6) is 0.0811. The van der Waals surface area contributed by atoms with Gasteiger partial charge in [-0.15, -0.1) is 0 Å². The lowest BCUT2D eigenvalue weighted by Crippen LogP contribution is -2.36. The maximum atomic E-state index is 13.6. The van der Waals surface area contributed by atoms with E-state index in [4.69, 9.17) is 26.1 Å². The van der Waals surface area contributed by atoms with Gasteiger partial charge in [-0.2, -0.15) is 0 Å². The first kappa shape index (κ1) is 24.7. The van der Waals surface area contributed by atoms with Crippen molar-refractivity contribution in [3.8, 4) is 5.75 Å². The first-order valence-electron chi connectivity index (χ1n) is 11.7. The van der Waals surface area contributed by atoms with E-state index < -0.39 is 5.97 Å². The van der Waals surface area contributed by atoms with Crippen LogP contribution in [0.5, 0.6) is 5.75 Å². The van der Waals surface area contributed by atoms with Crippen molar-refractivity contribution < 1.29 is 14.3 Å². The Hall–Kier alpha value is -3.94. The minimum Gasteiger partial charge on any atom is -0.482 e. The summed E-state index contributed by atoms with van der Waals surface area (Å²) in [4.78, 5) is 30.7. The Morgan fingerprint density at radius 3 is 2.62 bits per heavy atom. The zero-order valence-corrected chi connectivity index (χ0v) is 21.5. The van der Waals surface area contributed by atoms with Gasteiger partial charge in [-0.05, 0) is 60.0 Å². The van der Waals surface area contributed by atoms with Gasteiger partial charge in [0.05, 0.1) is 22.9 Å². The van der Waals surface area contributed by atoms with Crippen LogP contribution in [0.2, 0.25) is 5.02 Å². The molecule has 0 amide bonds. The Morgan fingerprint density at radius 2 is 1.86 bits per heavy atom. The van der Waals surface area contributed by atoms with Crippen molar-refractivity contribution in [3.05, 3.63) is 126 Å². The fourth-order valence-electron chi connectivity index (χ4n) is 4.04. The average molecular weight is 531 g/mol. The highest BCUT2D eigenvalue weighted by Crippen LogP contribution is 2.27. The summed E-state index contributed by atoms with van der Waals surface area (Å²) in [6, 6.07) is 24.3. The number of rotatable bonds is 7. The van der Waals surface area contributed by atoms with Crippen LogP contribution in [0.4, 0.5) is 0 Å². The first-order valence-corrected chi connectivity index (χ1v) is 12.9. The number of allylic oxidation sites excluding steroid dienone is 1. The van der Waals surface area contributed by atoms with Gasteiger partial charge in [-0.1, -0.05) is 77.5 Å². The van der Waals surface area contributed by atoms with Crippen LogP contribution in [-0.4, -0.2) is 23.8 Å². The number of esters is 1. The second kappa shape index (κ2) is 11.0. The molecule has 1 unspecified atom stereocenters. The van der Waals surface area contributed by atoms with Crippen molar-refractivity contribution >= 4 is 40.7 Å². The van der Waals surface area contributed by atoms with Crippen molar-refractivity contribution in [3.63, 3.8) is 0 Å². The zero-order chi connectivity index (χ0) is 25.8. The Labute approximate surface area is 222 Å². The molecule has 2 heterocycles. The monoisotopic (exact) mass is 530 g/mol. The van der Waals surface area contributed by atoms with Gasteiger partial charge in [0.15, 0.2) is 11.4 Å². The zero-order valence-electron chi connectivity index (χ0n) is 20.0. The van der Waals surface area contributed by atoms with E-state index >= 15 is 0 Å². The van der Waals surface area contributed by atoms with Gasteiger partial charge in [0, 0.05) is 5.02 Å². The highest BCUT2D eigenvalue weighted by atomic mass is 35.5. The fourth-order valence-corrected chi connectivity index (χ4v) is 5.18. The molecule has 6 nitrogen and oxygen atoms in total. The van der Waals surface area contributed by atoms with E-state index in [1.807, 2.05) is 78.9 Å². The number of carbonyl (C=O) groups excluding carboxylic acids is 1. The van der Waals surface area contributed by atoms with E-state index in [1.165, 1.54) is 11.3 Å². The lowest BCUT2D eigenvalue weighted by molar-refractivity contribution is -0.145. The first-order chi connectivity index (χ1) is 18.0. The summed E-state index contributed by atoms with van der Waals surface area (Å²) in [5.41, 5.74) is 3.37. The summed E-state index contributed by atoms with van der Waals surface area (Å²) < 4.78 is 12.7. The number of benzene rings is 3. The van der Waals surface area contributed by atoms with Crippen molar-refractivity contribution in [1.82, 2.24) is 4.57 Å². The number of thiazole rings is 1. The van der Waals surface area contributed by atoms with Crippen LogP contribution < -0.4 is 19.6 Å². The standard InChI is InChI=1S/C29H23ClN2O4S/c1-2-35-27(33)18-36-23-10-6-7-19(15-23)16-26-28(34)32-25(21-11-13-22(30)14-12-21)17-24(31-29(32)37-26)20-8-4-3-5-9-20/h3-17,25H,2,18H2,1H3. The number of hydrogen-bond acceptors (Lipinski definition) is 6. The molecule has 5 rings (SSSR count). The number of halogens is 1. The minimum absolute atomic E-state index is 0.134. The molecule has 0 fully saturated rings. The molecule has 0 bridgehead atoms. The maximum Gasteiger partial charge on any atom is 0.344 e. The van der Waals surface area contributed by atoms with Crippen LogP contribution >= 0.6 is 22.9 Å². The van der Waals surface area contributed by atoms with Gasteiger partial charge >= 0.3 is 5.97 Å². The van der Waals surface area contributed by atoms with E-state index in [9.17, 15) is 9.59 Å². The van der Waals surface area contributed by atoms with E-state index in [2.05, 4.69) is 0 Å². The lowest BCUT2D eigenvalue weighted by atomic mass is 10.0. The van der Waals surface area contributed by atoms with Gasteiger partial charge in [0.1, 0.15) is 5.75 Å². The van der Waals surface area contributed by atoms with Crippen molar-refractivity contribution in [2.45, 2.75) is 13.0 Å². The van der Waals surface area contributed by atoms with E-state index in [0.717, 1.165) is 22.4 Å². The molecular formula is C29H23ClN2O4S. The Balaban J connectivity index is 1.56. The van der Waals surface area contributed by atoms with Crippen LogP contribution in [0, 0.1) is 0 Å². The fraction of sp³-hybridized carbons (Fsp3) is 0.138. The SMILES string of the molecule is CCOC(=O)COc1cccc(C=c2sc3n(c2=O)C(c2ccc(Cl)cc2)C=C(c2ccccc2)N=3)c1. The molecule has 1 atom stereocenters. The molecule has 186 valence electrons. The molecule has 0 aliphatic carbocycles. The molecule has 0 N–H and O–H groups in total. The van der Waals surface area contributed by atoms with Crippen LogP contribution in [-0.2, 0) is 9.53 Å². The lowest BCUT2D eigenvalue weighted by Gasteiger charge is -2.19. The molecule has 1 aliphatic heterocycles. The molecular weight excluding hydrogens is 508 g/mol. The maximum absolute atomic E-state index is 13.6. The molecule has 8 heteroatoms. The Morgan fingerprint density at radius 1 is 1.08 bits per heavy atom. The Bertz CT molecular complexity index is 1640. The number of aromatic nitrogens is 1. The van der Waals surface area contributed by atoms with Crippen molar-refractivity contribution in [2.24, 2.45) is 4.99 Å². The molecule has 0 spiro atoms. The smallest absolute Gasteiger partial charge is 0.344 e. The molecule has 3 aromatic carbocycles. The summed E-state index contributed by atoms with van der Waals surface area (Å²) in [6.07, 6.45) is 3.82. The predicted molar refractivity (Wildman–Crippen MR) is 146 cm³/mol. The molecule has 37 heavy (non-hydrogen) atoms. The third-order valence-corrected chi connectivity index (χ3v) is 6.98. The summed E-state index contributed by atoms with van der Waals surface area (Å²) in [7, 11) is 0. The van der Waals surface area contributed by atoms with E-state index in [0.29, 0.717) is 26.7 Å². The van der Waals surface area contributed by atoms with Crippen LogP contribution in [0.1, 0.15) is 29.7 Å². The topological polar surface area (TPSA) is 69.9 Å². The normalized spacial score (nSPS) is 14.9. The number of fused-ring (bicyclic) bond motifs is 1. The van der Waals surface area contributed by atoms with Gasteiger partial charge < -0.3 is 9.47 Å². The van der Waals surface area contributed by atoms with Gasteiger partial charge in [-0.25, -0.2) is 9.79 Å². The highest BCUT2D eigenvalue weighted by molar-refractivity contribution is 7.07. The number of carbonyl (C=O) groups is 1. The highest BCUT2D eigenvalue weighted by Gasteiger charge is 2.22. The van der Waals surface area contributed by atoms with Gasteiger partial charge in [0.2, 0.25) is 0 Å². The molecule has 0 radical (unpaired) electrons. The number of hydrogen-bond donors (Lipinski definition) is 0. The van der Waals surface area contributed by atoms with E-state index in [1.54, 1.807) is 23.6 Å². The largest absolute Gasteiger partial charge is 0.482 e.